The molecule has 16 heavy (non-hydrogen) atoms. The first-order chi connectivity index (χ1) is 7.61. The van der Waals surface area contributed by atoms with Gasteiger partial charge in [0, 0.05) is 19.1 Å². The van der Waals surface area contributed by atoms with Gasteiger partial charge in [0.2, 0.25) is 5.91 Å². The maximum absolute atomic E-state index is 12.5. The Morgan fingerprint density at radius 1 is 1.19 bits per heavy atom. The van der Waals surface area contributed by atoms with E-state index >= 15 is 0 Å². The SMILES string of the molecule is CC1CNCC1C(=O)N1CCCC(C)C1C. The maximum Gasteiger partial charge on any atom is 0.227 e. The number of likely N-dealkylation sites (tertiary alicyclic amines) is 1. The van der Waals surface area contributed by atoms with Gasteiger partial charge >= 0.3 is 0 Å². The Morgan fingerprint density at radius 2 is 1.94 bits per heavy atom. The van der Waals surface area contributed by atoms with Crippen molar-refractivity contribution >= 4 is 5.91 Å². The van der Waals surface area contributed by atoms with Gasteiger partial charge in [-0.3, -0.25) is 4.79 Å². The van der Waals surface area contributed by atoms with Crippen molar-refractivity contribution in [1.29, 1.82) is 0 Å². The van der Waals surface area contributed by atoms with Crippen LogP contribution in [0.2, 0.25) is 0 Å². The van der Waals surface area contributed by atoms with Gasteiger partial charge in [-0.15, -0.1) is 0 Å². The lowest BCUT2D eigenvalue weighted by Gasteiger charge is -2.39. The minimum atomic E-state index is 0.216. The maximum atomic E-state index is 12.5. The van der Waals surface area contributed by atoms with Crippen molar-refractivity contribution in [2.45, 2.75) is 39.7 Å². The summed E-state index contributed by atoms with van der Waals surface area (Å²) in [5.41, 5.74) is 0. The summed E-state index contributed by atoms with van der Waals surface area (Å²) in [7, 11) is 0. The molecule has 3 nitrogen and oxygen atoms in total. The highest BCUT2D eigenvalue weighted by Crippen LogP contribution is 2.27. The zero-order chi connectivity index (χ0) is 11.7. The Labute approximate surface area is 98.6 Å². The molecule has 2 rings (SSSR count). The van der Waals surface area contributed by atoms with Crippen LogP contribution in [0.5, 0.6) is 0 Å². The second-order valence-electron chi connectivity index (χ2n) is 5.63. The fourth-order valence-corrected chi connectivity index (χ4v) is 3.00. The zero-order valence-electron chi connectivity index (χ0n) is 10.7. The third-order valence-electron chi connectivity index (χ3n) is 4.49. The molecule has 0 aromatic carbocycles. The minimum Gasteiger partial charge on any atom is -0.339 e. The molecule has 0 bridgehead atoms. The second kappa shape index (κ2) is 4.74. The molecule has 0 aromatic heterocycles. The standard InChI is InChI=1S/C13H24N2O/c1-9-5-4-6-15(11(9)3)13(16)12-8-14-7-10(12)2/h9-12,14H,4-8H2,1-3H3. The molecule has 4 unspecified atom stereocenters. The number of rotatable bonds is 1. The first-order valence-electron chi connectivity index (χ1n) is 6.62. The lowest BCUT2D eigenvalue weighted by atomic mass is 9.89. The van der Waals surface area contributed by atoms with Crippen molar-refractivity contribution in [3.05, 3.63) is 0 Å². The molecule has 1 N–H and O–H groups in total. The molecule has 4 atom stereocenters. The summed E-state index contributed by atoms with van der Waals surface area (Å²) in [6, 6.07) is 0.425. The molecule has 3 heteroatoms. The van der Waals surface area contributed by atoms with Crippen LogP contribution < -0.4 is 5.32 Å². The van der Waals surface area contributed by atoms with Crippen LogP contribution in [0.15, 0.2) is 0 Å². The van der Waals surface area contributed by atoms with E-state index in [9.17, 15) is 4.79 Å². The first-order valence-corrected chi connectivity index (χ1v) is 6.62. The topological polar surface area (TPSA) is 32.3 Å². The summed E-state index contributed by atoms with van der Waals surface area (Å²) in [4.78, 5) is 14.6. The van der Waals surface area contributed by atoms with Crippen molar-refractivity contribution in [2.24, 2.45) is 17.8 Å². The van der Waals surface area contributed by atoms with E-state index in [4.69, 9.17) is 0 Å². The number of hydrogen-bond donors (Lipinski definition) is 1. The number of carbonyl (C=O) groups is 1. The normalized spacial score (nSPS) is 40.1. The van der Waals surface area contributed by atoms with Gasteiger partial charge in [-0.05, 0) is 38.1 Å². The molecule has 0 radical (unpaired) electrons. The molecule has 2 fully saturated rings. The van der Waals surface area contributed by atoms with Crippen molar-refractivity contribution in [2.75, 3.05) is 19.6 Å². The number of hydrogen-bond acceptors (Lipinski definition) is 2. The molecule has 92 valence electrons. The molecule has 2 aliphatic rings. The third-order valence-corrected chi connectivity index (χ3v) is 4.49. The Morgan fingerprint density at radius 3 is 2.56 bits per heavy atom. The van der Waals surface area contributed by atoms with E-state index in [-0.39, 0.29) is 5.92 Å². The van der Waals surface area contributed by atoms with Crippen LogP contribution in [0, 0.1) is 17.8 Å². The zero-order valence-corrected chi connectivity index (χ0v) is 10.7. The van der Waals surface area contributed by atoms with Crippen LogP contribution in [0.4, 0.5) is 0 Å². The van der Waals surface area contributed by atoms with Crippen LogP contribution in [0.25, 0.3) is 0 Å². The summed E-state index contributed by atoms with van der Waals surface area (Å²) < 4.78 is 0. The van der Waals surface area contributed by atoms with Gasteiger partial charge in [-0.2, -0.15) is 0 Å². The highest BCUT2D eigenvalue weighted by atomic mass is 16.2. The fraction of sp³-hybridized carbons (Fsp3) is 0.923. The lowest BCUT2D eigenvalue weighted by molar-refractivity contribution is -0.140. The van der Waals surface area contributed by atoms with Gasteiger partial charge in [0.25, 0.3) is 0 Å². The average Bonchev–Trinajstić information content (AvgIpc) is 2.68. The number of nitrogens with zero attached hydrogens (tertiary/aromatic N) is 1. The molecular formula is C13H24N2O. The smallest absolute Gasteiger partial charge is 0.227 e. The average molecular weight is 224 g/mol. The van der Waals surface area contributed by atoms with Crippen molar-refractivity contribution in [1.82, 2.24) is 10.2 Å². The van der Waals surface area contributed by atoms with Crippen molar-refractivity contribution < 1.29 is 4.79 Å². The molecule has 1 amide bonds. The number of piperidine rings is 1. The third kappa shape index (κ3) is 2.10. The van der Waals surface area contributed by atoms with Crippen molar-refractivity contribution in [3.8, 4) is 0 Å². The van der Waals surface area contributed by atoms with Crippen LogP contribution >= 0.6 is 0 Å². The summed E-state index contributed by atoms with van der Waals surface area (Å²) in [5.74, 6) is 1.75. The number of nitrogens with one attached hydrogen (secondary N) is 1. The predicted molar refractivity (Wildman–Crippen MR) is 65.1 cm³/mol. The first kappa shape index (κ1) is 11.9. The van der Waals surface area contributed by atoms with Crippen LogP contribution in [-0.4, -0.2) is 36.5 Å². The summed E-state index contributed by atoms with van der Waals surface area (Å²) in [6.07, 6.45) is 2.44. The number of carbonyl (C=O) groups excluding carboxylic acids is 1. The second-order valence-corrected chi connectivity index (χ2v) is 5.63. The molecule has 2 saturated heterocycles. The van der Waals surface area contributed by atoms with E-state index in [0.29, 0.717) is 23.8 Å². The molecule has 0 saturated carbocycles. The van der Waals surface area contributed by atoms with Gasteiger partial charge in [0.15, 0.2) is 0 Å². The molecule has 0 spiro atoms. The van der Waals surface area contributed by atoms with Gasteiger partial charge in [0.05, 0.1) is 5.92 Å². The minimum absolute atomic E-state index is 0.216. The van der Waals surface area contributed by atoms with E-state index < -0.39 is 0 Å². The van der Waals surface area contributed by atoms with Crippen LogP contribution in [0.1, 0.15) is 33.6 Å². The van der Waals surface area contributed by atoms with E-state index in [0.717, 1.165) is 19.6 Å². The van der Waals surface area contributed by atoms with E-state index in [1.807, 2.05) is 0 Å². The van der Waals surface area contributed by atoms with E-state index in [1.165, 1.54) is 12.8 Å². The van der Waals surface area contributed by atoms with Crippen molar-refractivity contribution in [3.63, 3.8) is 0 Å². The van der Waals surface area contributed by atoms with Gasteiger partial charge in [-0.25, -0.2) is 0 Å². The molecular weight excluding hydrogens is 200 g/mol. The molecule has 0 aromatic rings. The van der Waals surface area contributed by atoms with Gasteiger partial charge < -0.3 is 10.2 Å². The van der Waals surface area contributed by atoms with E-state index in [1.54, 1.807) is 0 Å². The summed E-state index contributed by atoms with van der Waals surface area (Å²) in [5, 5.41) is 3.32. The van der Waals surface area contributed by atoms with Gasteiger partial charge in [0.1, 0.15) is 0 Å². The highest BCUT2D eigenvalue weighted by molar-refractivity contribution is 5.80. The number of amides is 1. The summed E-state index contributed by atoms with van der Waals surface area (Å²) in [6.45, 7) is 9.48. The largest absolute Gasteiger partial charge is 0.339 e. The fourth-order valence-electron chi connectivity index (χ4n) is 3.00. The van der Waals surface area contributed by atoms with Gasteiger partial charge in [-0.1, -0.05) is 13.8 Å². The Kier molecular flexibility index (Phi) is 3.53. The Balaban J connectivity index is 2.03. The highest BCUT2D eigenvalue weighted by Gasteiger charge is 2.36. The quantitative estimate of drug-likeness (QED) is 0.732. The molecule has 0 aliphatic carbocycles. The lowest BCUT2D eigenvalue weighted by Crippen LogP contribution is -2.49. The Bertz CT molecular complexity index is 267. The Hall–Kier alpha value is -0.570. The summed E-state index contributed by atoms with van der Waals surface area (Å²) >= 11 is 0. The predicted octanol–water partition coefficient (Wildman–Crippen LogP) is 1.49. The molecule has 2 heterocycles. The molecule has 2 aliphatic heterocycles. The van der Waals surface area contributed by atoms with Crippen LogP contribution in [0.3, 0.4) is 0 Å². The van der Waals surface area contributed by atoms with E-state index in [2.05, 4.69) is 31.0 Å². The monoisotopic (exact) mass is 224 g/mol. The van der Waals surface area contributed by atoms with Crippen LogP contribution in [-0.2, 0) is 4.79 Å².